The summed E-state index contributed by atoms with van der Waals surface area (Å²) in [6, 6.07) is 6.26. The van der Waals surface area contributed by atoms with Crippen LogP contribution in [0.3, 0.4) is 0 Å². The lowest BCUT2D eigenvalue weighted by atomic mass is 10.2. The lowest BCUT2D eigenvalue weighted by molar-refractivity contribution is 0.532. The minimum absolute atomic E-state index is 0.588. The van der Waals surface area contributed by atoms with Gasteiger partial charge in [0, 0.05) is 12.5 Å². The van der Waals surface area contributed by atoms with E-state index in [9.17, 15) is 0 Å². The summed E-state index contributed by atoms with van der Waals surface area (Å²) in [7, 11) is 0. The molecular weight excluding hydrogens is 200 g/mol. The maximum absolute atomic E-state index is 5.77. The maximum atomic E-state index is 5.77. The van der Waals surface area contributed by atoms with Gasteiger partial charge in [0.05, 0.1) is 0 Å². The summed E-state index contributed by atoms with van der Waals surface area (Å²) in [6.07, 6.45) is 2.47. The third-order valence-corrected chi connectivity index (χ3v) is 2.98. The van der Waals surface area contributed by atoms with E-state index >= 15 is 0 Å². The highest BCUT2D eigenvalue weighted by atomic mass is 16.3. The van der Waals surface area contributed by atoms with Crippen LogP contribution in [0.4, 0.5) is 0 Å². The van der Waals surface area contributed by atoms with Crippen molar-refractivity contribution < 1.29 is 4.42 Å². The van der Waals surface area contributed by atoms with Crippen molar-refractivity contribution >= 4 is 11.1 Å². The van der Waals surface area contributed by atoms with Gasteiger partial charge in [-0.05, 0) is 37.1 Å². The Morgan fingerprint density at radius 2 is 2.31 bits per heavy atom. The summed E-state index contributed by atoms with van der Waals surface area (Å²) >= 11 is 0. The second-order valence-corrected chi connectivity index (χ2v) is 4.41. The SMILES string of the molecule is CCNCc1ccc2nc(C3CC3)oc2c1. The summed E-state index contributed by atoms with van der Waals surface area (Å²) in [5, 5.41) is 3.31. The van der Waals surface area contributed by atoms with E-state index in [1.54, 1.807) is 0 Å². The van der Waals surface area contributed by atoms with Gasteiger partial charge in [0.2, 0.25) is 0 Å². The second-order valence-electron chi connectivity index (χ2n) is 4.41. The minimum atomic E-state index is 0.588. The zero-order chi connectivity index (χ0) is 11.0. The van der Waals surface area contributed by atoms with Crippen molar-refractivity contribution in [1.82, 2.24) is 10.3 Å². The molecule has 1 aliphatic rings. The number of rotatable bonds is 4. The van der Waals surface area contributed by atoms with E-state index in [1.165, 1.54) is 18.4 Å². The first-order chi connectivity index (χ1) is 7.86. The number of hydrogen-bond donors (Lipinski definition) is 1. The molecule has 1 saturated carbocycles. The highest BCUT2D eigenvalue weighted by Crippen LogP contribution is 2.40. The smallest absolute Gasteiger partial charge is 0.198 e. The molecule has 0 saturated heterocycles. The van der Waals surface area contributed by atoms with Crippen LogP contribution in [0.5, 0.6) is 0 Å². The fraction of sp³-hybridized carbons (Fsp3) is 0.462. The fourth-order valence-electron chi connectivity index (χ4n) is 1.87. The van der Waals surface area contributed by atoms with Crippen molar-refractivity contribution in [1.29, 1.82) is 0 Å². The lowest BCUT2D eigenvalue weighted by Gasteiger charge is -2.00. The Labute approximate surface area is 94.9 Å². The molecule has 2 aromatic rings. The Morgan fingerprint density at radius 3 is 3.06 bits per heavy atom. The topological polar surface area (TPSA) is 38.1 Å². The van der Waals surface area contributed by atoms with Crippen molar-refractivity contribution in [2.75, 3.05) is 6.54 Å². The van der Waals surface area contributed by atoms with Gasteiger partial charge in [-0.3, -0.25) is 0 Å². The number of hydrogen-bond acceptors (Lipinski definition) is 3. The average Bonchev–Trinajstić information content (AvgIpc) is 3.06. The highest BCUT2D eigenvalue weighted by Gasteiger charge is 2.28. The van der Waals surface area contributed by atoms with Crippen LogP contribution in [0.2, 0.25) is 0 Å². The van der Waals surface area contributed by atoms with E-state index in [4.69, 9.17) is 4.42 Å². The molecular formula is C13H16N2O. The summed E-state index contributed by atoms with van der Waals surface area (Å²) < 4.78 is 5.77. The lowest BCUT2D eigenvalue weighted by Crippen LogP contribution is -2.11. The Kier molecular flexibility index (Phi) is 2.40. The van der Waals surface area contributed by atoms with E-state index < -0.39 is 0 Å². The quantitative estimate of drug-likeness (QED) is 0.854. The molecule has 1 aromatic carbocycles. The first kappa shape index (κ1) is 9.85. The van der Waals surface area contributed by atoms with Crippen LogP contribution >= 0.6 is 0 Å². The zero-order valence-electron chi connectivity index (χ0n) is 9.49. The second kappa shape index (κ2) is 3.91. The number of oxazole rings is 1. The van der Waals surface area contributed by atoms with Crippen LogP contribution in [0, 0.1) is 0 Å². The van der Waals surface area contributed by atoms with Crippen LogP contribution < -0.4 is 5.32 Å². The predicted octanol–water partition coefficient (Wildman–Crippen LogP) is 2.81. The van der Waals surface area contributed by atoms with E-state index in [1.807, 2.05) is 0 Å². The van der Waals surface area contributed by atoms with Gasteiger partial charge < -0.3 is 9.73 Å². The number of benzene rings is 1. The van der Waals surface area contributed by atoms with Gasteiger partial charge >= 0.3 is 0 Å². The Morgan fingerprint density at radius 1 is 1.44 bits per heavy atom. The van der Waals surface area contributed by atoms with E-state index in [0.29, 0.717) is 5.92 Å². The van der Waals surface area contributed by atoms with Crippen molar-refractivity contribution in [2.24, 2.45) is 0 Å². The molecule has 16 heavy (non-hydrogen) atoms. The third-order valence-electron chi connectivity index (χ3n) is 2.98. The van der Waals surface area contributed by atoms with E-state index in [-0.39, 0.29) is 0 Å². The number of nitrogens with zero attached hydrogens (tertiary/aromatic N) is 1. The van der Waals surface area contributed by atoms with Crippen LogP contribution in [0.25, 0.3) is 11.1 Å². The fourth-order valence-corrected chi connectivity index (χ4v) is 1.87. The highest BCUT2D eigenvalue weighted by molar-refractivity contribution is 5.73. The molecule has 1 N–H and O–H groups in total. The van der Waals surface area contributed by atoms with Gasteiger partial charge in [0.25, 0.3) is 0 Å². The first-order valence-electron chi connectivity index (χ1n) is 5.97. The summed E-state index contributed by atoms with van der Waals surface area (Å²) in [5.74, 6) is 1.51. The van der Waals surface area contributed by atoms with Crippen LogP contribution in [-0.4, -0.2) is 11.5 Å². The molecule has 0 bridgehead atoms. The molecule has 0 spiro atoms. The molecule has 0 unspecified atom stereocenters. The van der Waals surface area contributed by atoms with Crippen molar-refractivity contribution in [3.8, 4) is 0 Å². The van der Waals surface area contributed by atoms with Gasteiger partial charge in [-0.25, -0.2) is 4.98 Å². The normalized spacial score (nSPS) is 15.8. The average molecular weight is 216 g/mol. The van der Waals surface area contributed by atoms with E-state index in [0.717, 1.165) is 30.1 Å². The monoisotopic (exact) mass is 216 g/mol. The molecule has 3 rings (SSSR count). The largest absolute Gasteiger partial charge is 0.440 e. The van der Waals surface area contributed by atoms with Gasteiger partial charge in [-0.15, -0.1) is 0 Å². The molecule has 1 aromatic heterocycles. The predicted molar refractivity (Wildman–Crippen MR) is 63.4 cm³/mol. The third kappa shape index (κ3) is 1.83. The Hall–Kier alpha value is -1.35. The van der Waals surface area contributed by atoms with Crippen molar-refractivity contribution in [3.05, 3.63) is 29.7 Å². The van der Waals surface area contributed by atoms with Gasteiger partial charge in [0.15, 0.2) is 11.5 Å². The van der Waals surface area contributed by atoms with Crippen LogP contribution in [0.15, 0.2) is 22.6 Å². The molecule has 0 radical (unpaired) electrons. The molecule has 0 atom stereocenters. The standard InChI is InChI=1S/C13H16N2O/c1-2-14-8-9-3-6-11-12(7-9)16-13(15-11)10-4-5-10/h3,6-7,10,14H,2,4-5,8H2,1H3. The minimum Gasteiger partial charge on any atom is -0.440 e. The van der Waals surface area contributed by atoms with Gasteiger partial charge in [-0.2, -0.15) is 0 Å². The molecule has 1 fully saturated rings. The Balaban J connectivity index is 1.90. The molecule has 1 heterocycles. The van der Waals surface area contributed by atoms with Gasteiger partial charge in [0.1, 0.15) is 5.52 Å². The maximum Gasteiger partial charge on any atom is 0.198 e. The summed E-state index contributed by atoms with van der Waals surface area (Å²) in [4.78, 5) is 4.51. The number of aromatic nitrogens is 1. The molecule has 0 aliphatic heterocycles. The van der Waals surface area contributed by atoms with E-state index in [2.05, 4.69) is 35.4 Å². The van der Waals surface area contributed by atoms with Crippen LogP contribution in [-0.2, 0) is 6.54 Å². The molecule has 3 nitrogen and oxygen atoms in total. The molecule has 0 amide bonds. The summed E-state index contributed by atoms with van der Waals surface area (Å²) in [6.45, 7) is 3.99. The van der Waals surface area contributed by atoms with Crippen molar-refractivity contribution in [2.45, 2.75) is 32.2 Å². The van der Waals surface area contributed by atoms with Crippen LogP contribution in [0.1, 0.15) is 37.1 Å². The molecule has 1 aliphatic carbocycles. The molecule has 84 valence electrons. The zero-order valence-corrected chi connectivity index (χ0v) is 9.49. The summed E-state index contributed by atoms with van der Waals surface area (Å²) in [5.41, 5.74) is 3.17. The number of nitrogens with one attached hydrogen (secondary N) is 1. The van der Waals surface area contributed by atoms with Gasteiger partial charge in [-0.1, -0.05) is 13.0 Å². The molecule has 3 heteroatoms. The number of fused-ring (bicyclic) bond motifs is 1. The first-order valence-corrected chi connectivity index (χ1v) is 5.97. The van der Waals surface area contributed by atoms with Crippen molar-refractivity contribution in [3.63, 3.8) is 0 Å². The Bertz CT molecular complexity index is 500.